The summed E-state index contributed by atoms with van der Waals surface area (Å²) in [5, 5.41) is 19.5. The Balaban J connectivity index is 1.30. The second kappa shape index (κ2) is 7.70. The first kappa shape index (κ1) is 18.0. The van der Waals surface area contributed by atoms with Crippen molar-refractivity contribution >= 4 is 17.2 Å². The fourth-order valence-corrected chi connectivity index (χ4v) is 4.24. The summed E-state index contributed by atoms with van der Waals surface area (Å²) in [5.41, 5.74) is 1.94. The van der Waals surface area contributed by atoms with Crippen molar-refractivity contribution in [3.8, 4) is 10.6 Å². The summed E-state index contributed by atoms with van der Waals surface area (Å²) in [6.45, 7) is 2.92. The second-order valence-electron chi connectivity index (χ2n) is 7.12. The van der Waals surface area contributed by atoms with Gasteiger partial charge in [-0.1, -0.05) is 6.07 Å². The maximum absolute atomic E-state index is 12.6. The number of aromatic amines is 1. The predicted molar refractivity (Wildman–Crippen MR) is 103 cm³/mol. The van der Waals surface area contributed by atoms with E-state index in [2.05, 4.69) is 10.2 Å². The van der Waals surface area contributed by atoms with Crippen molar-refractivity contribution in [3.63, 3.8) is 0 Å². The Hall–Kier alpha value is -2.38. The van der Waals surface area contributed by atoms with Crippen molar-refractivity contribution in [2.45, 2.75) is 32.3 Å². The van der Waals surface area contributed by atoms with Crippen LogP contribution in [0, 0.1) is 12.8 Å². The number of hydrogen-bond donors (Lipinski definition) is 2. The number of nitrogens with one attached hydrogen (secondary N) is 1. The van der Waals surface area contributed by atoms with Crippen molar-refractivity contribution in [1.82, 2.24) is 15.1 Å². The quantitative estimate of drug-likeness (QED) is 0.683. The first-order valence-corrected chi connectivity index (χ1v) is 10.1. The van der Waals surface area contributed by atoms with Gasteiger partial charge in [-0.15, -0.1) is 11.3 Å². The monoisotopic (exact) mass is 385 g/mol. The zero-order chi connectivity index (χ0) is 18.8. The number of H-pyrrole nitrogens is 1. The SMILES string of the molecule is Cc1cc(C[C@@H]2CN(C(=O)CCc3ccc(-c4cccs4)o3)C[C@H]2O)n[nH]1. The number of aromatic nitrogens is 2. The van der Waals surface area contributed by atoms with Gasteiger partial charge in [0.1, 0.15) is 11.5 Å². The minimum atomic E-state index is -0.500. The van der Waals surface area contributed by atoms with Gasteiger partial charge in [0.05, 0.1) is 16.7 Å². The Kier molecular flexibility index (Phi) is 5.13. The highest BCUT2D eigenvalue weighted by Gasteiger charge is 2.34. The molecule has 142 valence electrons. The highest BCUT2D eigenvalue weighted by molar-refractivity contribution is 7.13. The predicted octanol–water partition coefficient (Wildman–Crippen LogP) is 3.03. The fraction of sp³-hybridized carbons (Fsp3) is 0.400. The van der Waals surface area contributed by atoms with Gasteiger partial charge in [-0.3, -0.25) is 9.89 Å². The van der Waals surface area contributed by atoms with Crippen LogP contribution in [0.1, 0.15) is 23.6 Å². The lowest BCUT2D eigenvalue weighted by atomic mass is 10.0. The summed E-state index contributed by atoms with van der Waals surface area (Å²) in [7, 11) is 0. The maximum Gasteiger partial charge on any atom is 0.223 e. The van der Waals surface area contributed by atoms with Gasteiger partial charge >= 0.3 is 0 Å². The van der Waals surface area contributed by atoms with Crippen LogP contribution in [0.2, 0.25) is 0 Å². The van der Waals surface area contributed by atoms with Gasteiger partial charge < -0.3 is 14.4 Å². The molecule has 1 saturated heterocycles. The number of aryl methyl sites for hydroxylation is 2. The third-order valence-corrected chi connectivity index (χ3v) is 5.88. The third-order valence-electron chi connectivity index (χ3n) is 5.00. The van der Waals surface area contributed by atoms with Crippen LogP contribution in [0.25, 0.3) is 10.6 Å². The minimum Gasteiger partial charge on any atom is -0.460 e. The maximum atomic E-state index is 12.6. The molecule has 0 bridgehead atoms. The number of likely N-dealkylation sites (tertiary alicyclic amines) is 1. The molecule has 3 aromatic heterocycles. The Morgan fingerprint density at radius 2 is 2.30 bits per heavy atom. The van der Waals surface area contributed by atoms with E-state index < -0.39 is 6.10 Å². The number of nitrogens with zero attached hydrogens (tertiary/aromatic N) is 2. The average molecular weight is 385 g/mol. The van der Waals surface area contributed by atoms with E-state index in [4.69, 9.17) is 4.42 Å². The molecule has 7 heteroatoms. The highest BCUT2D eigenvalue weighted by Crippen LogP contribution is 2.27. The van der Waals surface area contributed by atoms with Crippen molar-refractivity contribution in [3.05, 3.63) is 52.9 Å². The molecule has 3 aromatic rings. The van der Waals surface area contributed by atoms with Crippen molar-refractivity contribution in [2.24, 2.45) is 5.92 Å². The van der Waals surface area contributed by atoms with Crippen LogP contribution in [-0.4, -0.2) is 45.3 Å². The minimum absolute atomic E-state index is 0.0331. The molecule has 27 heavy (non-hydrogen) atoms. The van der Waals surface area contributed by atoms with Gasteiger partial charge in [0.15, 0.2) is 0 Å². The molecule has 0 unspecified atom stereocenters. The third kappa shape index (κ3) is 4.14. The summed E-state index contributed by atoms with van der Waals surface area (Å²) in [4.78, 5) is 15.4. The molecule has 1 aliphatic heterocycles. The summed E-state index contributed by atoms with van der Waals surface area (Å²) in [5.74, 6) is 1.75. The first-order chi connectivity index (χ1) is 13.1. The zero-order valence-corrected chi connectivity index (χ0v) is 16.0. The number of aliphatic hydroxyl groups excluding tert-OH is 1. The molecule has 1 amide bonds. The molecule has 0 spiro atoms. The van der Waals surface area contributed by atoms with Gasteiger partial charge in [0, 0.05) is 37.5 Å². The van der Waals surface area contributed by atoms with Crippen LogP contribution in [-0.2, 0) is 17.6 Å². The van der Waals surface area contributed by atoms with Crippen LogP contribution in [0.15, 0.2) is 40.1 Å². The number of rotatable bonds is 6. The molecule has 6 nitrogen and oxygen atoms in total. The molecular formula is C20H23N3O3S. The van der Waals surface area contributed by atoms with E-state index in [1.807, 2.05) is 42.6 Å². The van der Waals surface area contributed by atoms with E-state index in [1.54, 1.807) is 16.2 Å². The van der Waals surface area contributed by atoms with E-state index in [-0.39, 0.29) is 11.8 Å². The molecule has 2 N–H and O–H groups in total. The molecule has 4 heterocycles. The van der Waals surface area contributed by atoms with Crippen LogP contribution < -0.4 is 0 Å². The van der Waals surface area contributed by atoms with Crippen molar-refractivity contribution in [2.75, 3.05) is 13.1 Å². The van der Waals surface area contributed by atoms with Crippen molar-refractivity contribution in [1.29, 1.82) is 0 Å². The topological polar surface area (TPSA) is 82.4 Å². The van der Waals surface area contributed by atoms with Gasteiger partial charge in [-0.2, -0.15) is 5.10 Å². The summed E-state index contributed by atoms with van der Waals surface area (Å²) < 4.78 is 5.84. The number of amides is 1. The lowest BCUT2D eigenvalue weighted by Crippen LogP contribution is -2.29. The van der Waals surface area contributed by atoms with Crippen LogP contribution in [0.4, 0.5) is 0 Å². The Bertz CT molecular complexity index is 899. The van der Waals surface area contributed by atoms with Crippen LogP contribution >= 0.6 is 11.3 Å². The van der Waals surface area contributed by atoms with Gasteiger partial charge in [0.2, 0.25) is 5.91 Å². The first-order valence-electron chi connectivity index (χ1n) is 9.18. The molecule has 1 aliphatic rings. The fourth-order valence-electron chi connectivity index (χ4n) is 3.56. The lowest BCUT2D eigenvalue weighted by molar-refractivity contribution is -0.130. The van der Waals surface area contributed by atoms with Crippen LogP contribution in [0.3, 0.4) is 0 Å². The number of furan rings is 1. The number of aliphatic hydroxyl groups is 1. The van der Waals surface area contributed by atoms with E-state index in [9.17, 15) is 9.90 Å². The number of carbonyl (C=O) groups excluding carboxylic acids is 1. The summed E-state index contributed by atoms with van der Waals surface area (Å²) in [6.07, 6.45) is 1.13. The van der Waals surface area contributed by atoms with Gasteiger partial charge in [-0.25, -0.2) is 0 Å². The van der Waals surface area contributed by atoms with E-state index in [0.717, 1.165) is 27.8 Å². The van der Waals surface area contributed by atoms with Gasteiger partial charge in [0.25, 0.3) is 0 Å². The largest absolute Gasteiger partial charge is 0.460 e. The molecule has 1 fully saturated rings. The number of hydrogen-bond acceptors (Lipinski definition) is 5. The smallest absolute Gasteiger partial charge is 0.223 e. The number of carbonyl (C=O) groups is 1. The van der Waals surface area contributed by atoms with Crippen molar-refractivity contribution < 1.29 is 14.3 Å². The molecule has 0 radical (unpaired) electrons. The highest BCUT2D eigenvalue weighted by atomic mass is 32.1. The zero-order valence-electron chi connectivity index (χ0n) is 15.2. The van der Waals surface area contributed by atoms with Crippen LogP contribution in [0.5, 0.6) is 0 Å². The standard InChI is InChI=1S/C20H23N3O3S/c1-13-9-15(22-21-13)10-14-11-23(12-17(14)24)20(25)7-5-16-4-6-18(26-16)19-3-2-8-27-19/h2-4,6,8-9,14,17,24H,5,7,10-12H2,1H3,(H,21,22)/t14-,17-/m1/s1. The molecule has 0 aromatic carbocycles. The molecule has 4 rings (SSSR count). The molecular weight excluding hydrogens is 362 g/mol. The normalized spacial score (nSPS) is 19.7. The Morgan fingerprint density at radius 3 is 3.04 bits per heavy atom. The molecule has 0 saturated carbocycles. The molecule has 0 aliphatic carbocycles. The average Bonchev–Trinajstić information content (AvgIpc) is 3.41. The summed E-state index contributed by atoms with van der Waals surface area (Å²) >= 11 is 1.63. The molecule has 2 atom stereocenters. The lowest BCUT2D eigenvalue weighted by Gasteiger charge is -2.15. The Labute approximate surface area is 161 Å². The number of thiophene rings is 1. The number of β-amino-alcohol motifs (C(OH)–C–C–N with tert-alkyl or cyclic N) is 1. The van der Waals surface area contributed by atoms with E-state index >= 15 is 0 Å². The second-order valence-corrected chi connectivity index (χ2v) is 8.06. The van der Waals surface area contributed by atoms with Gasteiger partial charge in [-0.05, 0) is 43.0 Å². The summed E-state index contributed by atoms with van der Waals surface area (Å²) in [6, 6.07) is 9.88. The van der Waals surface area contributed by atoms with E-state index in [1.165, 1.54) is 0 Å². The Morgan fingerprint density at radius 1 is 1.41 bits per heavy atom. The van der Waals surface area contributed by atoms with E-state index in [0.29, 0.717) is 32.4 Å².